The first kappa shape index (κ1) is 11.0. The third-order valence-electron chi connectivity index (χ3n) is 2.31. The van der Waals surface area contributed by atoms with Crippen LogP contribution in [0.2, 0.25) is 0 Å². The van der Waals surface area contributed by atoms with Crippen LogP contribution in [0.1, 0.15) is 11.1 Å². The summed E-state index contributed by atoms with van der Waals surface area (Å²) in [6, 6.07) is 10.6. The van der Waals surface area contributed by atoms with E-state index in [-0.39, 0.29) is 0 Å². The van der Waals surface area contributed by atoms with Crippen LogP contribution in [0.5, 0.6) is 11.6 Å². The van der Waals surface area contributed by atoms with Gasteiger partial charge in [-0.15, -0.1) is 0 Å². The van der Waals surface area contributed by atoms with Crippen LogP contribution in [0.15, 0.2) is 36.5 Å². The van der Waals surface area contributed by atoms with Crippen molar-refractivity contribution in [2.24, 2.45) is 0 Å². The van der Waals surface area contributed by atoms with Gasteiger partial charge in [-0.1, -0.05) is 6.07 Å². The number of nitrogen functional groups attached to an aromatic ring is 1. The molecule has 1 aromatic carbocycles. The van der Waals surface area contributed by atoms with Crippen molar-refractivity contribution in [3.05, 3.63) is 47.7 Å². The second-order valence-electron chi connectivity index (χ2n) is 3.62. The van der Waals surface area contributed by atoms with E-state index in [1.807, 2.05) is 13.0 Å². The number of hydrogen-bond donors (Lipinski definition) is 1. The zero-order chi connectivity index (χ0) is 12.3. The standard InChI is InChI=1S/C13H11N3O/c1-9-8-16-13(6-12(9)15)17-11-4-2-3-10(5-11)7-14/h2-6,8H,1H3,(H2,15,16). The minimum atomic E-state index is 0.420. The van der Waals surface area contributed by atoms with Gasteiger partial charge in [0.25, 0.3) is 0 Å². The molecule has 84 valence electrons. The number of hydrogen-bond acceptors (Lipinski definition) is 4. The van der Waals surface area contributed by atoms with Crippen LogP contribution >= 0.6 is 0 Å². The Balaban J connectivity index is 2.25. The Hall–Kier alpha value is -2.54. The van der Waals surface area contributed by atoms with Gasteiger partial charge in [0.15, 0.2) is 0 Å². The molecule has 4 heteroatoms. The predicted molar refractivity (Wildman–Crippen MR) is 64.6 cm³/mol. The molecule has 0 aliphatic heterocycles. The van der Waals surface area contributed by atoms with E-state index in [9.17, 15) is 0 Å². The molecule has 1 heterocycles. The molecule has 1 aromatic heterocycles. The number of aromatic nitrogens is 1. The zero-order valence-electron chi connectivity index (χ0n) is 9.34. The van der Waals surface area contributed by atoms with E-state index in [1.54, 1.807) is 36.5 Å². The van der Waals surface area contributed by atoms with Crippen LogP contribution < -0.4 is 10.5 Å². The molecule has 0 saturated heterocycles. The highest BCUT2D eigenvalue weighted by Gasteiger charge is 2.02. The van der Waals surface area contributed by atoms with Crippen molar-refractivity contribution in [2.75, 3.05) is 5.73 Å². The van der Waals surface area contributed by atoms with E-state index in [0.717, 1.165) is 5.56 Å². The summed E-state index contributed by atoms with van der Waals surface area (Å²) in [5.74, 6) is 0.989. The molecule has 2 aromatic rings. The number of pyridine rings is 1. The third kappa shape index (κ3) is 2.52. The number of ether oxygens (including phenoxy) is 1. The van der Waals surface area contributed by atoms with E-state index >= 15 is 0 Å². The Kier molecular flexibility index (Phi) is 2.93. The topological polar surface area (TPSA) is 71.9 Å². The average molecular weight is 225 g/mol. The van der Waals surface area contributed by atoms with Gasteiger partial charge in [-0.3, -0.25) is 0 Å². The van der Waals surface area contributed by atoms with E-state index in [2.05, 4.69) is 4.98 Å². The number of aryl methyl sites for hydroxylation is 1. The van der Waals surface area contributed by atoms with Crippen LogP contribution in [-0.4, -0.2) is 4.98 Å². The van der Waals surface area contributed by atoms with Crippen molar-refractivity contribution < 1.29 is 4.74 Å². The smallest absolute Gasteiger partial charge is 0.221 e. The fourth-order valence-electron chi connectivity index (χ4n) is 1.32. The highest BCUT2D eigenvalue weighted by molar-refractivity contribution is 5.48. The van der Waals surface area contributed by atoms with Crippen LogP contribution in [0.25, 0.3) is 0 Å². The fraction of sp³-hybridized carbons (Fsp3) is 0.0769. The molecule has 0 spiro atoms. The summed E-state index contributed by atoms with van der Waals surface area (Å²) < 4.78 is 5.51. The number of nitriles is 1. The van der Waals surface area contributed by atoms with Crippen LogP contribution in [0.3, 0.4) is 0 Å². The Labute approximate surface area is 99.3 Å². The molecule has 4 nitrogen and oxygen atoms in total. The Morgan fingerprint density at radius 1 is 1.35 bits per heavy atom. The van der Waals surface area contributed by atoms with Gasteiger partial charge >= 0.3 is 0 Å². The summed E-state index contributed by atoms with van der Waals surface area (Å²) in [6.07, 6.45) is 1.65. The SMILES string of the molecule is Cc1cnc(Oc2cccc(C#N)c2)cc1N. The van der Waals surface area contributed by atoms with E-state index in [1.165, 1.54) is 0 Å². The first-order valence-corrected chi connectivity index (χ1v) is 5.09. The molecule has 0 aliphatic rings. The lowest BCUT2D eigenvalue weighted by molar-refractivity contribution is 0.463. The van der Waals surface area contributed by atoms with Gasteiger partial charge in [0, 0.05) is 18.0 Å². The van der Waals surface area contributed by atoms with Crippen molar-refractivity contribution in [1.29, 1.82) is 5.26 Å². The summed E-state index contributed by atoms with van der Waals surface area (Å²) in [5.41, 5.74) is 7.84. The van der Waals surface area contributed by atoms with Crippen LogP contribution in [0.4, 0.5) is 5.69 Å². The second kappa shape index (κ2) is 4.54. The molecule has 0 aliphatic carbocycles. The van der Waals surface area contributed by atoms with Gasteiger partial charge in [0.05, 0.1) is 11.6 Å². The summed E-state index contributed by atoms with van der Waals surface area (Å²) in [4.78, 5) is 4.10. The largest absolute Gasteiger partial charge is 0.439 e. The highest BCUT2D eigenvalue weighted by atomic mass is 16.5. The zero-order valence-corrected chi connectivity index (χ0v) is 9.34. The van der Waals surface area contributed by atoms with Crippen molar-refractivity contribution in [1.82, 2.24) is 4.98 Å². The molecule has 0 radical (unpaired) electrons. The summed E-state index contributed by atoms with van der Waals surface area (Å²) >= 11 is 0. The molecule has 0 atom stereocenters. The lowest BCUT2D eigenvalue weighted by atomic mass is 10.2. The summed E-state index contributed by atoms with van der Waals surface area (Å²) in [5, 5.41) is 8.77. The van der Waals surface area contributed by atoms with Gasteiger partial charge in [-0.05, 0) is 30.7 Å². The number of rotatable bonds is 2. The van der Waals surface area contributed by atoms with Crippen LogP contribution in [-0.2, 0) is 0 Å². The molecule has 0 unspecified atom stereocenters. The molecule has 0 fully saturated rings. The highest BCUT2D eigenvalue weighted by Crippen LogP contribution is 2.22. The van der Waals surface area contributed by atoms with E-state index < -0.39 is 0 Å². The molecule has 2 N–H and O–H groups in total. The molecule has 0 bridgehead atoms. The second-order valence-corrected chi connectivity index (χ2v) is 3.62. The Morgan fingerprint density at radius 2 is 2.18 bits per heavy atom. The van der Waals surface area contributed by atoms with Gasteiger partial charge in [0.2, 0.25) is 5.88 Å². The normalized spacial score (nSPS) is 9.65. The monoisotopic (exact) mass is 225 g/mol. The quantitative estimate of drug-likeness (QED) is 0.852. The molecule has 0 saturated carbocycles. The molecule has 2 rings (SSSR count). The van der Waals surface area contributed by atoms with Gasteiger partial charge in [-0.2, -0.15) is 5.26 Å². The predicted octanol–water partition coefficient (Wildman–Crippen LogP) is 2.64. The summed E-state index contributed by atoms with van der Waals surface area (Å²) in [7, 11) is 0. The number of nitrogens with two attached hydrogens (primary N) is 1. The summed E-state index contributed by atoms with van der Waals surface area (Å²) in [6.45, 7) is 1.88. The van der Waals surface area contributed by atoms with Crippen molar-refractivity contribution in [3.63, 3.8) is 0 Å². The molecule has 17 heavy (non-hydrogen) atoms. The minimum absolute atomic E-state index is 0.420. The van der Waals surface area contributed by atoms with Gasteiger partial charge in [-0.25, -0.2) is 4.98 Å². The lowest BCUT2D eigenvalue weighted by Crippen LogP contribution is -1.94. The first-order chi connectivity index (χ1) is 8.19. The van der Waals surface area contributed by atoms with Gasteiger partial charge in [0.1, 0.15) is 5.75 Å². The van der Waals surface area contributed by atoms with E-state index in [4.69, 9.17) is 15.7 Å². The van der Waals surface area contributed by atoms with Crippen molar-refractivity contribution in [2.45, 2.75) is 6.92 Å². The third-order valence-corrected chi connectivity index (χ3v) is 2.31. The maximum Gasteiger partial charge on any atom is 0.221 e. The molecular formula is C13H11N3O. The first-order valence-electron chi connectivity index (χ1n) is 5.09. The van der Waals surface area contributed by atoms with Crippen LogP contribution in [0, 0.1) is 18.3 Å². The lowest BCUT2D eigenvalue weighted by Gasteiger charge is -2.06. The Bertz CT molecular complexity index is 587. The molecule has 0 amide bonds. The maximum atomic E-state index is 8.77. The number of nitrogens with zero attached hydrogens (tertiary/aromatic N) is 2. The maximum absolute atomic E-state index is 8.77. The number of anilines is 1. The van der Waals surface area contributed by atoms with Crippen molar-refractivity contribution in [3.8, 4) is 17.7 Å². The van der Waals surface area contributed by atoms with E-state index in [0.29, 0.717) is 22.9 Å². The molecular weight excluding hydrogens is 214 g/mol. The fourth-order valence-corrected chi connectivity index (χ4v) is 1.32. The number of benzene rings is 1. The van der Waals surface area contributed by atoms with Crippen molar-refractivity contribution >= 4 is 5.69 Å². The minimum Gasteiger partial charge on any atom is -0.439 e. The van der Waals surface area contributed by atoms with Gasteiger partial charge < -0.3 is 10.5 Å². The average Bonchev–Trinajstić information content (AvgIpc) is 2.34. The Morgan fingerprint density at radius 3 is 2.88 bits per heavy atom.